The number of amides is 2. The molecule has 0 bridgehead atoms. The third-order valence-corrected chi connectivity index (χ3v) is 6.49. The summed E-state index contributed by atoms with van der Waals surface area (Å²) in [6.45, 7) is 8.09. The number of rotatable bonds is 6. The van der Waals surface area contributed by atoms with Crippen LogP contribution in [0.1, 0.15) is 33.1 Å². The molecule has 27 heavy (non-hydrogen) atoms. The lowest BCUT2D eigenvalue weighted by Crippen LogP contribution is -2.57. The third-order valence-electron chi connectivity index (χ3n) is 6.49. The summed E-state index contributed by atoms with van der Waals surface area (Å²) in [5.41, 5.74) is 6.48. The highest BCUT2D eigenvalue weighted by molar-refractivity contribution is 5.99. The van der Waals surface area contributed by atoms with Crippen molar-refractivity contribution in [2.75, 3.05) is 44.2 Å². The topological polar surface area (TPSA) is 69.9 Å². The zero-order valence-corrected chi connectivity index (χ0v) is 16.6. The second kappa shape index (κ2) is 8.40. The Hall–Kier alpha value is -1.92. The fourth-order valence-corrected chi connectivity index (χ4v) is 4.37. The predicted octanol–water partition coefficient (Wildman–Crippen LogP) is 1.70. The summed E-state index contributed by atoms with van der Waals surface area (Å²) in [5, 5.41) is 0. The molecule has 0 saturated carbocycles. The Morgan fingerprint density at radius 2 is 1.70 bits per heavy atom. The van der Waals surface area contributed by atoms with E-state index >= 15 is 0 Å². The molecule has 1 unspecified atom stereocenters. The monoisotopic (exact) mass is 372 g/mol. The summed E-state index contributed by atoms with van der Waals surface area (Å²) in [7, 11) is 0. The first-order valence-electron chi connectivity index (χ1n) is 10.2. The molecular formula is C21H32N4O2. The number of nitrogens with two attached hydrogens (primary N) is 1. The fraction of sp³-hybridized carbons (Fsp3) is 0.619. The average molecular weight is 373 g/mol. The van der Waals surface area contributed by atoms with Crippen LogP contribution in [0.25, 0.3) is 0 Å². The number of anilines is 1. The Labute approximate surface area is 162 Å². The van der Waals surface area contributed by atoms with Crippen molar-refractivity contribution in [1.29, 1.82) is 0 Å². The number of carbonyl (C=O) groups excluding carboxylic acids is 2. The van der Waals surface area contributed by atoms with Crippen molar-refractivity contribution in [2.45, 2.75) is 39.2 Å². The van der Waals surface area contributed by atoms with Gasteiger partial charge in [0.2, 0.25) is 11.8 Å². The van der Waals surface area contributed by atoms with Gasteiger partial charge in [0.1, 0.15) is 0 Å². The predicted molar refractivity (Wildman–Crippen MR) is 107 cm³/mol. The Kier molecular flexibility index (Phi) is 6.17. The second-order valence-electron chi connectivity index (χ2n) is 7.65. The first-order chi connectivity index (χ1) is 13.1. The van der Waals surface area contributed by atoms with Crippen LogP contribution in [0.5, 0.6) is 0 Å². The molecule has 2 heterocycles. The molecule has 6 nitrogen and oxygen atoms in total. The molecular weight excluding hydrogens is 340 g/mol. The van der Waals surface area contributed by atoms with E-state index in [-0.39, 0.29) is 17.9 Å². The Balaban J connectivity index is 1.60. The van der Waals surface area contributed by atoms with Gasteiger partial charge in [-0.2, -0.15) is 0 Å². The van der Waals surface area contributed by atoms with Crippen molar-refractivity contribution in [3.63, 3.8) is 0 Å². The molecule has 1 aromatic carbocycles. The summed E-state index contributed by atoms with van der Waals surface area (Å²) < 4.78 is 0. The number of nitrogens with zero attached hydrogens (tertiary/aromatic N) is 3. The van der Waals surface area contributed by atoms with Crippen LogP contribution in [0.3, 0.4) is 0 Å². The van der Waals surface area contributed by atoms with E-state index in [0.717, 1.165) is 44.6 Å². The average Bonchev–Trinajstić information content (AvgIpc) is 3.11. The van der Waals surface area contributed by atoms with E-state index < -0.39 is 5.41 Å². The van der Waals surface area contributed by atoms with Crippen LogP contribution in [0, 0.1) is 5.41 Å². The van der Waals surface area contributed by atoms with Crippen molar-refractivity contribution >= 4 is 17.5 Å². The fourth-order valence-electron chi connectivity index (χ4n) is 4.37. The van der Waals surface area contributed by atoms with Gasteiger partial charge in [-0.1, -0.05) is 32.0 Å². The van der Waals surface area contributed by atoms with Gasteiger partial charge in [0.15, 0.2) is 0 Å². The highest BCUT2D eigenvalue weighted by atomic mass is 16.2. The summed E-state index contributed by atoms with van der Waals surface area (Å²) in [5.74, 6) is 0.359. The maximum absolute atomic E-state index is 13.0. The molecule has 2 saturated heterocycles. The van der Waals surface area contributed by atoms with E-state index in [9.17, 15) is 9.59 Å². The molecule has 1 atom stereocenters. The van der Waals surface area contributed by atoms with Gasteiger partial charge >= 0.3 is 0 Å². The van der Waals surface area contributed by atoms with Crippen LogP contribution in [0.15, 0.2) is 30.3 Å². The van der Waals surface area contributed by atoms with Crippen LogP contribution in [-0.4, -0.2) is 66.9 Å². The molecule has 0 aromatic heterocycles. The second-order valence-corrected chi connectivity index (χ2v) is 7.65. The Morgan fingerprint density at radius 1 is 1.07 bits per heavy atom. The van der Waals surface area contributed by atoms with E-state index in [1.165, 1.54) is 0 Å². The molecule has 3 rings (SSSR count). The van der Waals surface area contributed by atoms with Gasteiger partial charge in [0.05, 0.1) is 11.5 Å². The van der Waals surface area contributed by atoms with Gasteiger partial charge in [-0.15, -0.1) is 0 Å². The van der Waals surface area contributed by atoms with Gasteiger partial charge in [-0.25, -0.2) is 0 Å². The van der Waals surface area contributed by atoms with Crippen molar-refractivity contribution in [3.05, 3.63) is 30.3 Å². The van der Waals surface area contributed by atoms with Crippen LogP contribution in [-0.2, 0) is 9.59 Å². The molecule has 0 radical (unpaired) electrons. The van der Waals surface area contributed by atoms with E-state index in [1.54, 1.807) is 0 Å². The number of hydrogen-bond acceptors (Lipinski definition) is 4. The standard InChI is InChI=1S/C21H32N4O2/c1-3-21(4-2,16-22)20(27)24-14-12-23(13-15-24)18-10-11-25(19(18)26)17-8-6-5-7-9-17/h5-9,18H,3-4,10-16,22H2,1-2H3. The number of hydrogen-bond donors (Lipinski definition) is 1. The summed E-state index contributed by atoms with van der Waals surface area (Å²) in [4.78, 5) is 32.0. The maximum atomic E-state index is 13.0. The van der Waals surface area contributed by atoms with Crippen LogP contribution in [0.2, 0.25) is 0 Å². The normalized spacial score (nSPS) is 21.7. The highest BCUT2D eigenvalue weighted by Crippen LogP contribution is 2.29. The highest BCUT2D eigenvalue weighted by Gasteiger charge is 2.41. The van der Waals surface area contributed by atoms with Crippen LogP contribution < -0.4 is 10.6 Å². The van der Waals surface area contributed by atoms with Crippen molar-refractivity contribution < 1.29 is 9.59 Å². The molecule has 148 valence electrons. The molecule has 2 aliphatic heterocycles. The first kappa shape index (κ1) is 19.8. The van der Waals surface area contributed by atoms with E-state index in [1.807, 2.05) is 54.0 Å². The van der Waals surface area contributed by atoms with Gasteiger partial charge in [-0.3, -0.25) is 14.5 Å². The zero-order valence-electron chi connectivity index (χ0n) is 16.6. The summed E-state index contributed by atoms with van der Waals surface area (Å²) in [6.07, 6.45) is 2.39. The van der Waals surface area contributed by atoms with Gasteiger partial charge in [0.25, 0.3) is 0 Å². The largest absolute Gasteiger partial charge is 0.340 e. The molecule has 2 N–H and O–H groups in total. The zero-order chi connectivity index (χ0) is 19.4. The Morgan fingerprint density at radius 3 is 2.26 bits per heavy atom. The molecule has 6 heteroatoms. The lowest BCUT2D eigenvalue weighted by atomic mass is 9.80. The lowest BCUT2D eigenvalue weighted by molar-refractivity contribution is -0.144. The van der Waals surface area contributed by atoms with Crippen LogP contribution in [0.4, 0.5) is 5.69 Å². The molecule has 2 amide bonds. The third kappa shape index (κ3) is 3.73. The van der Waals surface area contributed by atoms with E-state index in [2.05, 4.69) is 4.90 Å². The van der Waals surface area contributed by atoms with E-state index in [0.29, 0.717) is 19.6 Å². The minimum absolute atomic E-state index is 0.0703. The minimum Gasteiger partial charge on any atom is -0.340 e. The Bertz CT molecular complexity index is 643. The first-order valence-corrected chi connectivity index (χ1v) is 10.2. The van der Waals surface area contributed by atoms with Gasteiger partial charge in [-0.05, 0) is 31.4 Å². The molecule has 1 aromatic rings. The number of benzene rings is 1. The maximum Gasteiger partial charge on any atom is 0.244 e. The SMILES string of the molecule is CCC(CC)(CN)C(=O)N1CCN(C2CCN(c3ccccc3)C2=O)CC1. The quantitative estimate of drug-likeness (QED) is 0.825. The van der Waals surface area contributed by atoms with Gasteiger partial charge in [0, 0.05) is 45.0 Å². The molecule has 2 aliphatic rings. The smallest absolute Gasteiger partial charge is 0.244 e. The number of piperazine rings is 1. The van der Waals surface area contributed by atoms with Crippen LogP contribution >= 0.6 is 0 Å². The molecule has 2 fully saturated rings. The summed E-state index contributed by atoms with van der Waals surface area (Å²) >= 11 is 0. The summed E-state index contributed by atoms with van der Waals surface area (Å²) in [6, 6.07) is 9.79. The minimum atomic E-state index is -0.435. The number of carbonyl (C=O) groups is 2. The molecule has 0 spiro atoms. The molecule has 0 aliphatic carbocycles. The lowest BCUT2D eigenvalue weighted by Gasteiger charge is -2.41. The van der Waals surface area contributed by atoms with Gasteiger partial charge < -0.3 is 15.5 Å². The van der Waals surface area contributed by atoms with Crippen molar-refractivity contribution in [2.24, 2.45) is 11.1 Å². The van der Waals surface area contributed by atoms with E-state index in [4.69, 9.17) is 5.73 Å². The van der Waals surface area contributed by atoms with Crippen molar-refractivity contribution in [3.8, 4) is 0 Å². The van der Waals surface area contributed by atoms with Crippen molar-refractivity contribution in [1.82, 2.24) is 9.80 Å². The number of para-hydroxylation sites is 1.